The molecule has 38 heteroatoms. The number of hydrogen-bond acceptors (Lipinski definition) is 24. The molecule has 2 saturated heterocycles. The van der Waals surface area contributed by atoms with E-state index in [1.165, 1.54) is 130 Å². The number of carboxylic acids is 1. The number of nitrogens with one attached hydrogen (secondary N) is 1. The molecule has 0 unspecified atom stereocenters. The van der Waals surface area contributed by atoms with E-state index in [1.54, 1.807) is 70.8 Å². The van der Waals surface area contributed by atoms with Crippen molar-refractivity contribution in [3.63, 3.8) is 0 Å². The normalized spacial score (nSPS) is 15.6. The maximum absolute atomic E-state index is 13.0. The molecule has 0 radical (unpaired) electrons. The molecule has 5 aromatic heterocycles. The second kappa shape index (κ2) is 59.6. The number of aryl methyl sites for hydroxylation is 13. The quantitative estimate of drug-likeness (QED) is 0.00540. The molecule has 2 aliphatic heterocycles. The molecular formula is C104H166ClN13O23S. The van der Waals surface area contributed by atoms with Crippen molar-refractivity contribution in [2.45, 2.75) is 383 Å². The minimum atomic E-state index is -4.67. The van der Waals surface area contributed by atoms with E-state index in [2.05, 4.69) is 53.8 Å². The van der Waals surface area contributed by atoms with Crippen LogP contribution in [-0.2, 0) is 156 Å². The van der Waals surface area contributed by atoms with E-state index in [0.29, 0.717) is 39.3 Å². The van der Waals surface area contributed by atoms with Crippen molar-refractivity contribution in [3.05, 3.63) is 139 Å². The van der Waals surface area contributed by atoms with Gasteiger partial charge < -0.3 is 77.7 Å². The molecule has 7 amide bonds. The van der Waals surface area contributed by atoms with Crippen LogP contribution in [0.25, 0.3) is 0 Å². The van der Waals surface area contributed by atoms with Crippen LogP contribution in [0.1, 0.15) is 308 Å². The highest BCUT2D eigenvalue weighted by Crippen LogP contribution is 2.28. The first-order valence-electron chi connectivity index (χ1n) is 49.9. The number of carbonyl (C=O) groups excluding carboxylic acids is 8. The third-order valence-electron chi connectivity index (χ3n) is 24.3. The standard InChI is InChI=1S/C25H41N3O5.C23H35N3O3.C23H33N3O3.C19H27N3O3.C13H24ClNO5.CH4.H2O4S/c1-18(16-22(29)33-25(2,3)4)28(17-23(31-5)32-6)24(30)26-15-9-11-20-14-13-19-10-7-8-12-21(19)27-20;2*1-17(16-21(27)29-23(2,3)4)26-15-14-25(22(26)28)13-7-9-19-12-11-18-8-5-6-10-20(18)24-19;1-14(13-18(23)24)22-12-11-21(19(22)25)10-4-6-16-9-8-15-5-2-3-7-17(15)20-16;1-9(7-10(16)20-13(2,3)4)15(12(14)17)8-11(18-5)19-6;;1-5(2,3)4/h13-14,18,23H,7-12,15-17H2,1-6H3,(H,26,30);11-12,17H,5-10,13-16H2,1-4H3;11-12,14-15,17H,5-10,13,16H2,1-4H3;8-9,14H,2-7,10-13H2,1H3,(H,23,24);9,11H,7-8H2,1-6H3;1H4;(H2,1,2,3,4)/t18-;2*17-;14-;9-;;/m11111../s1. The second-order valence-electron chi connectivity index (χ2n) is 41.0. The molecular weight excluding hydrogens is 1870 g/mol. The van der Waals surface area contributed by atoms with Crippen LogP contribution in [0.2, 0.25) is 0 Å². The predicted octanol–water partition coefficient (Wildman–Crippen LogP) is 16.1. The molecule has 0 spiro atoms. The van der Waals surface area contributed by atoms with Crippen molar-refractivity contribution in [2.24, 2.45) is 0 Å². The summed E-state index contributed by atoms with van der Waals surface area (Å²) in [7, 11) is 1.30. The molecule has 6 aliphatic rings. The number of aliphatic carboxylic acids is 1. The average Bonchev–Trinajstić information content (AvgIpc) is 1.64. The smallest absolute Gasteiger partial charge is 0.394 e. The largest absolute Gasteiger partial charge is 0.481 e. The van der Waals surface area contributed by atoms with Crippen molar-refractivity contribution >= 4 is 75.3 Å². The summed E-state index contributed by atoms with van der Waals surface area (Å²) in [6, 6.07) is 15.7. The molecule has 142 heavy (non-hydrogen) atoms. The van der Waals surface area contributed by atoms with Crippen LogP contribution in [0, 0.1) is 0 Å². The summed E-state index contributed by atoms with van der Waals surface area (Å²) in [6.07, 6.45) is 28.7. The number of carboxylic acid groups (broad SMARTS) is 1. The molecule has 7 heterocycles. The topological polar surface area (TPSA) is 432 Å². The molecule has 36 nitrogen and oxygen atoms in total. The van der Waals surface area contributed by atoms with Gasteiger partial charge in [0.1, 0.15) is 22.4 Å². The molecule has 11 rings (SSSR count). The number of imidazole rings is 1. The first-order valence-corrected chi connectivity index (χ1v) is 51.7. The van der Waals surface area contributed by atoms with Crippen molar-refractivity contribution < 1.29 is 104 Å². The third kappa shape index (κ3) is 45.7. The number of pyridine rings is 4. The molecule has 798 valence electrons. The fourth-order valence-corrected chi connectivity index (χ4v) is 17.6. The number of hydrogen-bond donors (Lipinski definition) is 4. The average molecular weight is 2030 g/mol. The summed E-state index contributed by atoms with van der Waals surface area (Å²) in [4.78, 5) is 151. The van der Waals surface area contributed by atoms with Gasteiger partial charge in [-0.05, 0) is 330 Å². The van der Waals surface area contributed by atoms with Crippen LogP contribution in [0.15, 0.2) is 65.7 Å². The molecule has 2 fully saturated rings. The van der Waals surface area contributed by atoms with E-state index in [-0.39, 0.29) is 124 Å². The molecule has 0 bridgehead atoms. The van der Waals surface area contributed by atoms with Crippen LogP contribution in [0.3, 0.4) is 0 Å². The zero-order valence-electron chi connectivity index (χ0n) is 87.6. The van der Waals surface area contributed by atoms with Gasteiger partial charge >= 0.3 is 69.4 Å². The maximum atomic E-state index is 13.0. The van der Waals surface area contributed by atoms with Gasteiger partial charge in [-0.1, -0.05) is 31.7 Å². The SMILES string of the molecule is C.COC(CN(C(=O)Cl)[C@H](C)CC(=O)OC(C)(C)C)OC.COC(CN(C(=O)NCCCc1ccc2c(n1)CCCC2)[C@H](C)CC(=O)OC(C)(C)C)OC.C[C@H](CC(=O)O)N1CCN(CCCc2ccc3c(n2)CCCC3)C1=O.C[C@H](CC(=O)OC(C)(C)C)N1CCN(CCCc2ccc3c(n2)CCCC3)C1=O.C[C@H](CC(=O)OC(C)(C)C)n1ccn(CCCc2ccc3c(n2)CCCC3)c1=O.O=S(=O)(O)O. The van der Waals surface area contributed by atoms with Crippen LogP contribution in [-0.4, -0.2) is 281 Å². The molecule has 5 aromatic rings. The zero-order valence-corrected chi connectivity index (χ0v) is 89.1. The molecule has 0 aromatic carbocycles. The Bertz CT molecular complexity index is 4990. The summed E-state index contributed by atoms with van der Waals surface area (Å²) in [5.41, 5.74) is 12.8. The molecule has 4 aliphatic carbocycles. The Balaban J connectivity index is 0.000000311. The minimum Gasteiger partial charge on any atom is -0.481 e. The lowest BCUT2D eigenvalue weighted by Gasteiger charge is -2.32. The first-order chi connectivity index (χ1) is 66.2. The summed E-state index contributed by atoms with van der Waals surface area (Å²) >= 11 is 5.54. The number of rotatable bonds is 39. The summed E-state index contributed by atoms with van der Waals surface area (Å²) in [5.74, 6) is -2.15. The number of urea groups is 3. The number of esters is 4. The van der Waals surface area contributed by atoms with Crippen LogP contribution in [0.4, 0.5) is 19.2 Å². The van der Waals surface area contributed by atoms with Crippen molar-refractivity contribution in [2.75, 3.05) is 87.3 Å². The van der Waals surface area contributed by atoms with Gasteiger partial charge in [-0.25, -0.2) is 19.2 Å². The number of halogens is 1. The van der Waals surface area contributed by atoms with Gasteiger partial charge in [0.15, 0.2) is 12.6 Å². The highest BCUT2D eigenvalue weighted by Gasteiger charge is 2.37. The van der Waals surface area contributed by atoms with E-state index in [9.17, 15) is 47.9 Å². The van der Waals surface area contributed by atoms with E-state index in [4.69, 9.17) is 92.1 Å². The highest BCUT2D eigenvalue weighted by atomic mass is 35.5. The lowest BCUT2D eigenvalue weighted by molar-refractivity contribution is -0.157. The van der Waals surface area contributed by atoms with E-state index >= 15 is 0 Å². The minimum absolute atomic E-state index is 0. The Kier molecular flexibility index (Phi) is 51.5. The highest BCUT2D eigenvalue weighted by molar-refractivity contribution is 7.79. The predicted molar refractivity (Wildman–Crippen MR) is 544 cm³/mol. The summed E-state index contributed by atoms with van der Waals surface area (Å²) < 4.78 is 76.9. The lowest BCUT2D eigenvalue weighted by atomic mass is 9.95. The number of nitrogens with zero attached hydrogens (tertiary/aromatic N) is 12. The van der Waals surface area contributed by atoms with E-state index in [0.717, 1.165) is 139 Å². The van der Waals surface area contributed by atoms with Crippen molar-refractivity contribution in [1.82, 2.24) is 63.8 Å². The number of methoxy groups -OCH3 is 4. The van der Waals surface area contributed by atoms with E-state index in [1.807, 2.05) is 92.9 Å². The Morgan fingerprint density at radius 1 is 0.430 bits per heavy atom. The summed E-state index contributed by atoms with van der Waals surface area (Å²) in [6.45, 7) is 36.6. The van der Waals surface area contributed by atoms with Gasteiger partial charge in [0.2, 0.25) is 0 Å². The Hall–Kier alpha value is -9.76. The van der Waals surface area contributed by atoms with Gasteiger partial charge in [-0.15, -0.1) is 0 Å². The van der Waals surface area contributed by atoms with Gasteiger partial charge in [0.25, 0.3) is 0 Å². The molecule has 4 N–H and O–H groups in total. The van der Waals surface area contributed by atoms with Crippen LogP contribution >= 0.6 is 11.6 Å². The lowest BCUT2D eigenvalue weighted by Crippen LogP contribution is -2.50. The van der Waals surface area contributed by atoms with Crippen molar-refractivity contribution in [3.8, 4) is 0 Å². The maximum Gasteiger partial charge on any atom is 0.394 e. The van der Waals surface area contributed by atoms with Crippen LogP contribution in [0.5, 0.6) is 0 Å². The molecule has 5 atom stereocenters. The van der Waals surface area contributed by atoms with Crippen molar-refractivity contribution in [1.29, 1.82) is 0 Å². The monoisotopic (exact) mass is 2030 g/mol. The summed E-state index contributed by atoms with van der Waals surface area (Å²) in [5, 5.41) is 11.2. The number of fused-ring (bicyclic) bond motifs is 4. The van der Waals surface area contributed by atoms with Gasteiger partial charge in [0, 0.05) is 169 Å². The van der Waals surface area contributed by atoms with Gasteiger partial charge in [0.05, 0.1) is 45.2 Å². The van der Waals surface area contributed by atoms with Crippen LogP contribution < -0.4 is 11.0 Å². The third-order valence-corrected chi connectivity index (χ3v) is 24.6. The molecule has 0 saturated carbocycles. The fraction of sp³-hybridized carbons (Fsp3) is 0.692. The van der Waals surface area contributed by atoms with Gasteiger partial charge in [-0.2, -0.15) is 8.42 Å². The number of carbonyl (C=O) groups is 9. The number of aromatic nitrogens is 6. The van der Waals surface area contributed by atoms with E-state index < -0.39 is 62.8 Å². The Labute approximate surface area is 847 Å². The number of ether oxygens (including phenoxy) is 8. The Morgan fingerprint density at radius 2 is 0.732 bits per heavy atom. The fourth-order valence-electron chi connectivity index (χ4n) is 17.3. The first kappa shape index (κ1) is 123. The van der Waals surface area contributed by atoms with Gasteiger partial charge in [-0.3, -0.25) is 66.9 Å². The second-order valence-corrected chi connectivity index (χ2v) is 42.2. The Morgan fingerprint density at radius 3 is 1.06 bits per heavy atom. The zero-order chi connectivity index (χ0) is 105. The number of amides is 7.